The van der Waals surface area contributed by atoms with E-state index in [4.69, 9.17) is 9.52 Å². The molecule has 1 aliphatic heterocycles. The lowest BCUT2D eigenvalue weighted by atomic mass is 10.2. The van der Waals surface area contributed by atoms with Gasteiger partial charge in [0.15, 0.2) is 11.5 Å². The van der Waals surface area contributed by atoms with E-state index in [9.17, 15) is 4.79 Å². The van der Waals surface area contributed by atoms with Gasteiger partial charge in [0.2, 0.25) is 0 Å². The van der Waals surface area contributed by atoms with Gasteiger partial charge in [-0.3, -0.25) is 9.69 Å². The second-order valence-electron chi connectivity index (χ2n) is 5.88. The summed E-state index contributed by atoms with van der Waals surface area (Å²) in [6, 6.07) is 6.03. The first-order chi connectivity index (χ1) is 10.6. The fourth-order valence-corrected chi connectivity index (χ4v) is 2.70. The van der Waals surface area contributed by atoms with Crippen molar-refractivity contribution >= 4 is 17.1 Å². The summed E-state index contributed by atoms with van der Waals surface area (Å²) in [5.41, 5.74) is 2.75. The number of aryl methyl sites for hydroxylation is 1. The Morgan fingerprint density at radius 1 is 1.32 bits per heavy atom. The molecule has 0 amide bonds. The number of rotatable bonds is 5. The molecule has 0 atom stereocenters. The topological polar surface area (TPSA) is 69.8 Å². The van der Waals surface area contributed by atoms with Gasteiger partial charge in [-0.1, -0.05) is 6.07 Å². The molecule has 0 saturated carbocycles. The van der Waals surface area contributed by atoms with Gasteiger partial charge in [0.1, 0.15) is 5.52 Å². The number of oxazole rings is 1. The Bertz CT molecular complexity index is 660. The monoisotopic (exact) mass is 303 g/mol. The Hall–Kier alpha value is -1.92. The second-order valence-corrected chi connectivity index (χ2v) is 5.88. The maximum absolute atomic E-state index is 10.6. The Balaban J connectivity index is 1.68. The van der Waals surface area contributed by atoms with Crippen molar-refractivity contribution in [3.63, 3.8) is 0 Å². The fraction of sp³-hybridized carbons (Fsp3) is 0.500. The first-order valence-corrected chi connectivity index (χ1v) is 7.61. The normalized spacial score (nSPS) is 17.1. The van der Waals surface area contributed by atoms with Crippen LogP contribution >= 0.6 is 0 Å². The third-order valence-electron chi connectivity index (χ3n) is 4.05. The highest BCUT2D eigenvalue weighted by Crippen LogP contribution is 2.19. The van der Waals surface area contributed by atoms with Gasteiger partial charge in [-0.25, -0.2) is 4.98 Å². The molecule has 1 fully saturated rings. The van der Waals surface area contributed by atoms with Gasteiger partial charge in [-0.2, -0.15) is 0 Å². The maximum atomic E-state index is 10.6. The predicted octanol–water partition coefficient (Wildman–Crippen LogP) is 1.59. The summed E-state index contributed by atoms with van der Waals surface area (Å²) in [7, 11) is 2.15. The summed E-state index contributed by atoms with van der Waals surface area (Å²) in [4.78, 5) is 19.8. The number of aliphatic carboxylic acids is 1. The fourth-order valence-electron chi connectivity index (χ4n) is 2.70. The first kappa shape index (κ1) is 15.0. The van der Waals surface area contributed by atoms with Crippen LogP contribution in [0.3, 0.4) is 0 Å². The molecular weight excluding hydrogens is 282 g/mol. The molecule has 0 bridgehead atoms. The van der Waals surface area contributed by atoms with Gasteiger partial charge in [-0.05, 0) is 24.7 Å². The molecule has 22 heavy (non-hydrogen) atoms. The summed E-state index contributed by atoms with van der Waals surface area (Å²) >= 11 is 0. The zero-order valence-corrected chi connectivity index (χ0v) is 12.8. The van der Waals surface area contributed by atoms with Gasteiger partial charge in [-0.15, -0.1) is 0 Å². The van der Waals surface area contributed by atoms with Crippen molar-refractivity contribution in [3.8, 4) is 0 Å². The van der Waals surface area contributed by atoms with Crippen LogP contribution in [0.15, 0.2) is 22.6 Å². The number of carboxylic acids is 1. The lowest BCUT2D eigenvalue weighted by Crippen LogP contribution is -2.43. The number of likely N-dealkylation sites (N-methyl/N-ethyl adjacent to an activating group) is 1. The molecule has 0 radical (unpaired) electrons. The summed E-state index contributed by atoms with van der Waals surface area (Å²) in [5.74, 6) is -0.341. The number of benzene rings is 1. The molecule has 3 rings (SSSR count). The van der Waals surface area contributed by atoms with Crippen LogP contribution in [0.25, 0.3) is 11.1 Å². The lowest BCUT2D eigenvalue weighted by molar-refractivity contribution is -0.137. The standard InChI is InChI=1S/C16H21N3O3/c1-18-6-8-19(9-7-18)11-12-2-3-14-13(10-12)17-15(22-14)4-5-16(20)21/h2-3,10H,4-9,11H2,1H3,(H,20,21). The molecule has 2 heterocycles. The van der Waals surface area contributed by atoms with E-state index < -0.39 is 5.97 Å². The molecule has 118 valence electrons. The number of fused-ring (bicyclic) bond motifs is 1. The largest absolute Gasteiger partial charge is 0.481 e. The summed E-state index contributed by atoms with van der Waals surface area (Å²) in [6.07, 6.45) is 0.374. The van der Waals surface area contributed by atoms with E-state index in [1.54, 1.807) is 0 Å². The Morgan fingerprint density at radius 2 is 2.09 bits per heavy atom. The van der Waals surface area contributed by atoms with Crippen molar-refractivity contribution in [2.75, 3.05) is 33.2 Å². The molecular formula is C16H21N3O3. The number of aromatic nitrogens is 1. The van der Waals surface area contributed by atoms with Crippen molar-refractivity contribution < 1.29 is 14.3 Å². The molecule has 1 N–H and O–H groups in total. The predicted molar refractivity (Wildman–Crippen MR) is 82.7 cm³/mol. The molecule has 6 nitrogen and oxygen atoms in total. The van der Waals surface area contributed by atoms with E-state index in [0.29, 0.717) is 12.3 Å². The maximum Gasteiger partial charge on any atom is 0.303 e. The van der Waals surface area contributed by atoms with Crippen molar-refractivity contribution in [2.45, 2.75) is 19.4 Å². The Morgan fingerprint density at radius 3 is 2.82 bits per heavy atom. The van der Waals surface area contributed by atoms with Crippen LogP contribution in [-0.4, -0.2) is 59.1 Å². The minimum atomic E-state index is -0.835. The first-order valence-electron chi connectivity index (χ1n) is 7.61. The van der Waals surface area contributed by atoms with Crippen molar-refractivity contribution in [3.05, 3.63) is 29.7 Å². The van der Waals surface area contributed by atoms with Gasteiger partial charge < -0.3 is 14.4 Å². The molecule has 6 heteroatoms. The number of hydrogen-bond donors (Lipinski definition) is 1. The van der Waals surface area contributed by atoms with Crippen LogP contribution in [-0.2, 0) is 17.8 Å². The zero-order chi connectivity index (χ0) is 15.5. The van der Waals surface area contributed by atoms with E-state index in [1.807, 2.05) is 12.1 Å². The third kappa shape index (κ3) is 3.64. The summed E-state index contributed by atoms with van der Waals surface area (Å²) < 4.78 is 5.58. The van der Waals surface area contributed by atoms with E-state index >= 15 is 0 Å². The van der Waals surface area contributed by atoms with Crippen LogP contribution < -0.4 is 0 Å². The SMILES string of the molecule is CN1CCN(Cc2ccc3oc(CCC(=O)O)nc3c2)CC1. The van der Waals surface area contributed by atoms with Gasteiger partial charge in [0.25, 0.3) is 0 Å². The molecule has 1 saturated heterocycles. The number of piperazine rings is 1. The average Bonchev–Trinajstić information content (AvgIpc) is 2.90. The van der Waals surface area contributed by atoms with Crippen molar-refractivity contribution in [1.29, 1.82) is 0 Å². The molecule has 0 unspecified atom stereocenters. The van der Waals surface area contributed by atoms with Crippen LogP contribution in [0.5, 0.6) is 0 Å². The van der Waals surface area contributed by atoms with Crippen molar-refractivity contribution in [2.24, 2.45) is 0 Å². The van der Waals surface area contributed by atoms with Crippen LogP contribution in [0.2, 0.25) is 0 Å². The number of carboxylic acid groups (broad SMARTS) is 1. The number of nitrogens with zero attached hydrogens (tertiary/aromatic N) is 3. The average molecular weight is 303 g/mol. The summed E-state index contributed by atoms with van der Waals surface area (Å²) in [5, 5.41) is 8.72. The smallest absolute Gasteiger partial charge is 0.303 e. The summed E-state index contributed by atoms with van der Waals surface area (Å²) in [6.45, 7) is 5.28. The van der Waals surface area contributed by atoms with Crippen LogP contribution in [0.4, 0.5) is 0 Å². The number of hydrogen-bond acceptors (Lipinski definition) is 5. The van der Waals surface area contributed by atoms with Crippen LogP contribution in [0.1, 0.15) is 17.9 Å². The van der Waals surface area contributed by atoms with Gasteiger partial charge >= 0.3 is 5.97 Å². The van der Waals surface area contributed by atoms with Crippen molar-refractivity contribution in [1.82, 2.24) is 14.8 Å². The lowest BCUT2D eigenvalue weighted by Gasteiger charge is -2.32. The third-order valence-corrected chi connectivity index (χ3v) is 4.05. The molecule has 0 spiro atoms. The highest BCUT2D eigenvalue weighted by atomic mass is 16.4. The zero-order valence-electron chi connectivity index (χ0n) is 12.8. The Kier molecular flexibility index (Phi) is 4.40. The highest BCUT2D eigenvalue weighted by Gasteiger charge is 2.15. The van der Waals surface area contributed by atoms with E-state index in [-0.39, 0.29) is 6.42 Å². The molecule has 2 aromatic rings. The molecule has 1 aliphatic rings. The highest BCUT2D eigenvalue weighted by molar-refractivity contribution is 5.73. The minimum Gasteiger partial charge on any atom is -0.481 e. The molecule has 1 aromatic carbocycles. The minimum absolute atomic E-state index is 0.0426. The van der Waals surface area contributed by atoms with Gasteiger partial charge in [0.05, 0.1) is 6.42 Å². The molecule has 0 aliphatic carbocycles. The number of carbonyl (C=O) groups is 1. The van der Waals surface area contributed by atoms with E-state index in [2.05, 4.69) is 27.9 Å². The van der Waals surface area contributed by atoms with Gasteiger partial charge in [0, 0.05) is 39.1 Å². The quantitative estimate of drug-likeness (QED) is 0.904. The Labute approximate surface area is 129 Å². The van der Waals surface area contributed by atoms with E-state index in [0.717, 1.165) is 43.8 Å². The molecule has 1 aromatic heterocycles. The van der Waals surface area contributed by atoms with E-state index in [1.165, 1.54) is 5.56 Å². The second kappa shape index (κ2) is 6.46. The van der Waals surface area contributed by atoms with Crippen LogP contribution in [0, 0.1) is 0 Å².